The van der Waals surface area contributed by atoms with Crippen LogP contribution in [-0.2, 0) is 0 Å². The first-order chi connectivity index (χ1) is 13.6. The summed E-state index contributed by atoms with van der Waals surface area (Å²) in [5.41, 5.74) is 0.971. The van der Waals surface area contributed by atoms with Gasteiger partial charge in [-0.05, 0) is 36.4 Å². The average Bonchev–Trinajstić information content (AvgIpc) is 2.74. The summed E-state index contributed by atoms with van der Waals surface area (Å²) < 4.78 is 21.4. The Morgan fingerprint density at radius 1 is 0.821 bits per heavy atom. The summed E-state index contributed by atoms with van der Waals surface area (Å²) in [4.78, 5) is 16.7. The molecule has 0 spiro atoms. The second kappa shape index (κ2) is 8.77. The van der Waals surface area contributed by atoms with Crippen LogP contribution in [0.4, 0.5) is 5.69 Å². The van der Waals surface area contributed by atoms with Crippen LogP contribution in [0.1, 0.15) is 10.4 Å². The maximum absolute atomic E-state index is 12.5. The molecule has 0 saturated carbocycles. The molecule has 7 nitrogen and oxygen atoms in total. The van der Waals surface area contributed by atoms with Gasteiger partial charge in [-0.3, -0.25) is 4.79 Å². The van der Waals surface area contributed by atoms with Gasteiger partial charge >= 0.3 is 0 Å². The third-order valence-corrected chi connectivity index (χ3v) is 3.92. The molecular formula is C21H20N2O5. The van der Waals surface area contributed by atoms with Crippen LogP contribution in [0.15, 0.2) is 60.8 Å². The summed E-state index contributed by atoms with van der Waals surface area (Å²) in [6.45, 7) is 0. The summed E-state index contributed by atoms with van der Waals surface area (Å²) in [5.74, 6) is 2.29. The van der Waals surface area contributed by atoms with E-state index in [1.165, 1.54) is 20.4 Å². The Labute approximate surface area is 162 Å². The fourth-order valence-corrected chi connectivity index (χ4v) is 2.51. The normalized spacial score (nSPS) is 10.1. The summed E-state index contributed by atoms with van der Waals surface area (Å²) in [6, 6.07) is 15.6. The molecular weight excluding hydrogens is 360 g/mol. The van der Waals surface area contributed by atoms with Crippen molar-refractivity contribution in [2.24, 2.45) is 0 Å². The summed E-state index contributed by atoms with van der Waals surface area (Å²) in [6.07, 6.45) is 1.52. The SMILES string of the molecule is COc1ccc(C(=O)Nc2ccc(Oc3ccccc3OC)nc2)cc1OC. The van der Waals surface area contributed by atoms with Crippen LogP contribution < -0.4 is 24.3 Å². The lowest BCUT2D eigenvalue weighted by molar-refractivity contribution is 0.102. The molecule has 1 heterocycles. The molecule has 0 aliphatic carbocycles. The number of nitrogens with zero attached hydrogens (tertiary/aromatic N) is 1. The number of rotatable bonds is 7. The van der Waals surface area contributed by atoms with E-state index in [0.717, 1.165) is 0 Å². The Morgan fingerprint density at radius 3 is 2.14 bits per heavy atom. The molecule has 2 aromatic carbocycles. The van der Waals surface area contributed by atoms with Crippen molar-refractivity contribution in [1.82, 2.24) is 4.98 Å². The van der Waals surface area contributed by atoms with Crippen LogP contribution in [-0.4, -0.2) is 32.2 Å². The van der Waals surface area contributed by atoms with E-state index in [2.05, 4.69) is 10.3 Å². The number of benzene rings is 2. The van der Waals surface area contributed by atoms with Crippen molar-refractivity contribution in [1.29, 1.82) is 0 Å². The highest BCUT2D eigenvalue weighted by molar-refractivity contribution is 6.04. The summed E-state index contributed by atoms with van der Waals surface area (Å²) >= 11 is 0. The molecule has 7 heteroatoms. The molecule has 0 radical (unpaired) electrons. The fraction of sp³-hybridized carbons (Fsp3) is 0.143. The number of para-hydroxylation sites is 2. The third-order valence-electron chi connectivity index (χ3n) is 3.92. The summed E-state index contributed by atoms with van der Waals surface area (Å²) in [7, 11) is 4.63. The van der Waals surface area contributed by atoms with Crippen LogP contribution >= 0.6 is 0 Å². The van der Waals surface area contributed by atoms with Crippen LogP contribution in [0.5, 0.6) is 28.9 Å². The second-order valence-electron chi connectivity index (χ2n) is 5.66. The average molecular weight is 380 g/mol. The topological polar surface area (TPSA) is 78.9 Å². The molecule has 28 heavy (non-hydrogen) atoms. The quantitative estimate of drug-likeness (QED) is 0.663. The Morgan fingerprint density at radius 2 is 1.50 bits per heavy atom. The third kappa shape index (κ3) is 4.32. The summed E-state index contributed by atoms with van der Waals surface area (Å²) in [5, 5.41) is 2.78. The van der Waals surface area contributed by atoms with Gasteiger partial charge in [-0.1, -0.05) is 12.1 Å². The number of anilines is 1. The molecule has 1 aromatic heterocycles. The van der Waals surface area contributed by atoms with E-state index in [0.29, 0.717) is 40.1 Å². The van der Waals surface area contributed by atoms with Crippen molar-refractivity contribution in [2.75, 3.05) is 26.6 Å². The first-order valence-corrected chi connectivity index (χ1v) is 8.45. The fourth-order valence-electron chi connectivity index (χ4n) is 2.51. The molecule has 3 aromatic rings. The molecule has 0 unspecified atom stereocenters. The number of hydrogen-bond acceptors (Lipinski definition) is 6. The van der Waals surface area contributed by atoms with Gasteiger partial charge in [0.15, 0.2) is 23.0 Å². The predicted molar refractivity (Wildman–Crippen MR) is 105 cm³/mol. The van der Waals surface area contributed by atoms with E-state index in [4.69, 9.17) is 18.9 Å². The van der Waals surface area contributed by atoms with Crippen molar-refractivity contribution in [2.45, 2.75) is 0 Å². The largest absolute Gasteiger partial charge is 0.493 e. The van der Waals surface area contributed by atoms with E-state index in [1.54, 1.807) is 49.6 Å². The maximum Gasteiger partial charge on any atom is 0.255 e. The standard InChI is InChI=1S/C21H20N2O5/c1-25-16-6-4-5-7-18(16)28-20-11-9-15(13-22-20)23-21(24)14-8-10-17(26-2)19(12-14)27-3/h4-13H,1-3H3,(H,23,24). The lowest BCUT2D eigenvalue weighted by Crippen LogP contribution is -2.12. The van der Waals surface area contributed by atoms with Gasteiger partial charge in [0.05, 0.1) is 33.2 Å². The zero-order valence-electron chi connectivity index (χ0n) is 15.8. The van der Waals surface area contributed by atoms with E-state index >= 15 is 0 Å². The van der Waals surface area contributed by atoms with E-state index < -0.39 is 0 Å². The number of ether oxygens (including phenoxy) is 4. The Hall–Kier alpha value is -3.74. The smallest absolute Gasteiger partial charge is 0.255 e. The highest BCUT2D eigenvalue weighted by atomic mass is 16.5. The van der Waals surface area contributed by atoms with Gasteiger partial charge in [-0.25, -0.2) is 4.98 Å². The minimum atomic E-state index is -0.291. The first kappa shape index (κ1) is 19.0. The number of aromatic nitrogens is 1. The van der Waals surface area contributed by atoms with Crippen molar-refractivity contribution in [3.63, 3.8) is 0 Å². The number of nitrogens with one attached hydrogen (secondary N) is 1. The van der Waals surface area contributed by atoms with Gasteiger partial charge in [0, 0.05) is 11.6 Å². The molecule has 144 valence electrons. The Balaban J connectivity index is 1.69. The zero-order valence-corrected chi connectivity index (χ0v) is 15.8. The lowest BCUT2D eigenvalue weighted by atomic mass is 10.2. The molecule has 1 amide bonds. The van der Waals surface area contributed by atoms with Crippen LogP contribution in [0, 0.1) is 0 Å². The van der Waals surface area contributed by atoms with Crippen LogP contribution in [0.25, 0.3) is 0 Å². The van der Waals surface area contributed by atoms with Crippen LogP contribution in [0.2, 0.25) is 0 Å². The van der Waals surface area contributed by atoms with Crippen molar-refractivity contribution < 1.29 is 23.7 Å². The Kier molecular flexibility index (Phi) is 5.96. The van der Waals surface area contributed by atoms with Crippen molar-refractivity contribution >= 4 is 11.6 Å². The number of carbonyl (C=O) groups excluding carboxylic acids is 1. The first-order valence-electron chi connectivity index (χ1n) is 8.45. The van der Waals surface area contributed by atoms with Gasteiger partial charge < -0.3 is 24.3 Å². The number of methoxy groups -OCH3 is 3. The van der Waals surface area contributed by atoms with E-state index in [1.807, 2.05) is 12.1 Å². The van der Waals surface area contributed by atoms with Crippen molar-refractivity contribution in [3.8, 4) is 28.9 Å². The monoisotopic (exact) mass is 380 g/mol. The minimum absolute atomic E-state index is 0.291. The number of pyridine rings is 1. The lowest BCUT2D eigenvalue weighted by Gasteiger charge is -2.11. The van der Waals surface area contributed by atoms with Gasteiger partial charge in [0.2, 0.25) is 5.88 Å². The molecule has 0 fully saturated rings. The highest BCUT2D eigenvalue weighted by Crippen LogP contribution is 2.30. The van der Waals surface area contributed by atoms with Gasteiger partial charge in [-0.2, -0.15) is 0 Å². The maximum atomic E-state index is 12.5. The molecule has 3 rings (SSSR count). The molecule has 1 N–H and O–H groups in total. The van der Waals surface area contributed by atoms with Crippen LogP contribution in [0.3, 0.4) is 0 Å². The number of amides is 1. The number of hydrogen-bond donors (Lipinski definition) is 1. The highest BCUT2D eigenvalue weighted by Gasteiger charge is 2.12. The molecule has 0 bridgehead atoms. The molecule has 0 saturated heterocycles. The van der Waals surface area contributed by atoms with Gasteiger partial charge in [0.1, 0.15) is 0 Å². The van der Waals surface area contributed by atoms with Crippen molar-refractivity contribution in [3.05, 3.63) is 66.4 Å². The Bertz CT molecular complexity index is 957. The molecule has 0 atom stereocenters. The zero-order chi connectivity index (χ0) is 19.9. The molecule has 0 aliphatic heterocycles. The van der Waals surface area contributed by atoms with Gasteiger partial charge in [0.25, 0.3) is 5.91 Å². The van der Waals surface area contributed by atoms with Gasteiger partial charge in [-0.15, -0.1) is 0 Å². The minimum Gasteiger partial charge on any atom is -0.493 e. The predicted octanol–water partition coefficient (Wildman–Crippen LogP) is 4.15. The molecule has 0 aliphatic rings. The number of carbonyl (C=O) groups is 1. The van der Waals surface area contributed by atoms with E-state index in [-0.39, 0.29) is 5.91 Å². The van der Waals surface area contributed by atoms with E-state index in [9.17, 15) is 4.79 Å². The second-order valence-corrected chi connectivity index (χ2v) is 5.66.